The van der Waals surface area contributed by atoms with E-state index >= 15 is 0 Å². The van der Waals surface area contributed by atoms with Crippen molar-refractivity contribution in [2.24, 2.45) is 0 Å². The van der Waals surface area contributed by atoms with Gasteiger partial charge in [-0.2, -0.15) is 4.98 Å². The van der Waals surface area contributed by atoms with Gasteiger partial charge >= 0.3 is 0 Å². The molecule has 0 unspecified atom stereocenters. The normalized spacial score (nSPS) is 10.9. The molecule has 6 heteroatoms. The van der Waals surface area contributed by atoms with Crippen molar-refractivity contribution in [3.8, 4) is 17.3 Å². The molecule has 0 saturated carbocycles. The van der Waals surface area contributed by atoms with Crippen molar-refractivity contribution >= 4 is 15.9 Å². The summed E-state index contributed by atoms with van der Waals surface area (Å²) >= 11 is 3.29. The Morgan fingerprint density at radius 1 is 1.39 bits per heavy atom. The van der Waals surface area contributed by atoms with E-state index in [0.717, 1.165) is 4.47 Å². The van der Waals surface area contributed by atoms with Crippen LogP contribution in [0.2, 0.25) is 0 Å². The molecule has 0 radical (unpaired) electrons. The minimum atomic E-state index is -0.326. The highest BCUT2D eigenvalue weighted by molar-refractivity contribution is 9.10. The molecule has 0 atom stereocenters. The Kier molecular flexibility index (Phi) is 3.47. The zero-order chi connectivity index (χ0) is 13.3. The summed E-state index contributed by atoms with van der Waals surface area (Å²) in [5.74, 6) is -0.0182. The van der Waals surface area contributed by atoms with Gasteiger partial charge in [0.05, 0.1) is 5.56 Å². The van der Waals surface area contributed by atoms with E-state index in [4.69, 9.17) is 0 Å². The van der Waals surface area contributed by atoms with Gasteiger partial charge in [0.1, 0.15) is 5.82 Å². The van der Waals surface area contributed by atoms with Crippen LogP contribution in [0, 0.1) is 0 Å². The van der Waals surface area contributed by atoms with E-state index in [9.17, 15) is 9.90 Å². The SMILES string of the molecule is CC(C)c1c(O)nc(-c2cncc(Br)c2)[nH]c1=O. The topological polar surface area (TPSA) is 78.9 Å². The second-order valence-corrected chi connectivity index (χ2v) is 5.11. The average Bonchev–Trinajstić information content (AvgIpc) is 2.27. The third-order valence-corrected chi connectivity index (χ3v) is 2.92. The van der Waals surface area contributed by atoms with Gasteiger partial charge in [-0.25, -0.2) is 0 Å². The lowest BCUT2D eigenvalue weighted by atomic mass is 10.1. The number of nitrogens with zero attached hydrogens (tertiary/aromatic N) is 2. The lowest BCUT2D eigenvalue weighted by Crippen LogP contribution is -2.16. The summed E-state index contributed by atoms with van der Waals surface area (Å²) in [6.07, 6.45) is 3.20. The molecular formula is C12H12BrN3O2. The van der Waals surface area contributed by atoms with E-state index in [1.165, 1.54) is 0 Å². The van der Waals surface area contributed by atoms with E-state index in [1.807, 2.05) is 13.8 Å². The smallest absolute Gasteiger partial charge is 0.258 e. The minimum Gasteiger partial charge on any atom is -0.493 e. The first-order chi connectivity index (χ1) is 8.49. The molecule has 0 bridgehead atoms. The quantitative estimate of drug-likeness (QED) is 0.893. The second-order valence-electron chi connectivity index (χ2n) is 4.20. The first-order valence-electron chi connectivity index (χ1n) is 5.43. The number of aromatic amines is 1. The van der Waals surface area contributed by atoms with Crippen molar-refractivity contribution in [1.29, 1.82) is 0 Å². The van der Waals surface area contributed by atoms with Crippen LogP contribution in [-0.2, 0) is 0 Å². The predicted molar refractivity (Wildman–Crippen MR) is 71.5 cm³/mol. The fourth-order valence-corrected chi connectivity index (χ4v) is 2.03. The second kappa shape index (κ2) is 4.89. The van der Waals surface area contributed by atoms with Crippen molar-refractivity contribution in [1.82, 2.24) is 15.0 Å². The maximum absolute atomic E-state index is 11.9. The lowest BCUT2D eigenvalue weighted by Gasteiger charge is -2.08. The maximum atomic E-state index is 11.9. The first kappa shape index (κ1) is 12.8. The van der Waals surface area contributed by atoms with Gasteiger partial charge in [0, 0.05) is 22.4 Å². The molecule has 2 aromatic heterocycles. The highest BCUT2D eigenvalue weighted by atomic mass is 79.9. The minimum absolute atomic E-state index is 0.0871. The molecule has 94 valence electrons. The molecule has 0 fully saturated rings. The Hall–Kier alpha value is -1.69. The number of H-pyrrole nitrogens is 1. The fraction of sp³-hybridized carbons (Fsp3) is 0.250. The summed E-state index contributed by atoms with van der Waals surface area (Å²) in [7, 11) is 0. The molecule has 0 spiro atoms. The van der Waals surface area contributed by atoms with Crippen molar-refractivity contribution in [3.05, 3.63) is 38.9 Å². The lowest BCUT2D eigenvalue weighted by molar-refractivity contribution is 0.440. The van der Waals surface area contributed by atoms with Crippen molar-refractivity contribution in [2.75, 3.05) is 0 Å². The van der Waals surface area contributed by atoms with Crippen LogP contribution in [0.1, 0.15) is 25.3 Å². The van der Waals surface area contributed by atoms with Crippen molar-refractivity contribution in [2.45, 2.75) is 19.8 Å². The van der Waals surface area contributed by atoms with E-state index in [0.29, 0.717) is 17.0 Å². The Bertz CT molecular complexity index is 637. The van der Waals surface area contributed by atoms with Gasteiger partial charge in [0.25, 0.3) is 5.56 Å². The van der Waals surface area contributed by atoms with Gasteiger partial charge in [0.15, 0.2) is 0 Å². The predicted octanol–water partition coefficient (Wildman–Crippen LogP) is 2.42. The number of nitrogens with one attached hydrogen (secondary N) is 1. The van der Waals surface area contributed by atoms with Gasteiger partial charge in [-0.15, -0.1) is 0 Å². The molecule has 2 aromatic rings. The zero-order valence-electron chi connectivity index (χ0n) is 9.94. The number of aromatic hydroxyl groups is 1. The summed E-state index contributed by atoms with van der Waals surface area (Å²) < 4.78 is 0.773. The van der Waals surface area contributed by atoms with Crippen LogP contribution in [0.3, 0.4) is 0 Å². The van der Waals surface area contributed by atoms with Crippen molar-refractivity contribution < 1.29 is 5.11 Å². The highest BCUT2D eigenvalue weighted by Crippen LogP contribution is 2.23. The number of hydrogen-bond acceptors (Lipinski definition) is 4. The average molecular weight is 310 g/mol. The molecule has 0 saturated heterocycles. The molecule has 2 heterocycles. The van der Waals surface area contributed by atoms with E-state index in [1.54, 1.807) is 18.5 Å². The molecule has 0 aromatic carbocycles. The Morgan fingerprint density at radius 3 is 2.67 bits per heavy atom. The summed E-state index contributed by atoms with van der Waals surface area (Å²) in [6.45, 7) is 3.65. The van der Waals surface area contributed by atoms with Crippen LogP contribution < -0.4 is 5.56 Å². The molecule has 0 aliphatic rings. The van der Waals surface area contributed by atoms with Gasteiger partial charge in [-0.1, -0.05) is 13.8 Å². The Morgan fingerprint density at radius 2 is 2.11 bits per heavy atom. The van der Waals surface area contributed by atoms with Gasteiger partial charge in [-0.3, -0.25) is 9.78 Å². The summed E-state index contributed by atoms with van der Waals surface area (Å²) in [5.41, 5.74) is 0.598. The van der Waals surface area contributed by atoms with Crippen LogP contribution >= 0.6 is 15.9 Å². The van der Waals surface area contributed by atoms with E-state index < -0.39 is 0 Å². The number of aromatic nitrogens is 3. The highest BCUT2D eigenvalue weighted by Gasteiger charge is 2.14. The van der Waals surface area contributed by atoms with Crippen LogP contribution in [0.15, 0.2) is 27.7 Å². The molecule has 2 N–H and O–H groups in total. The van der Waals surface area contributed by atoms with Crippen LogP contribution in [0.25, 0.3) is 11.4 Å². The first-order valence-corrected chi connectivity index (χ1v) is 6.22. The van der Waals surface area contributed by atoms with Gasteiger partial charge in [0.2, 0.25) is 5.88 Å². The van der Waals surface area contributed by atoms with Gasteiger partial charge in [-0.05, 0) is 27.9 Å². The Balaban J connectivity index is 2.59. The van der Waals surface area contributed by atoms with E-state index in [-0.39, 0.29) is 17.4 Å². The van der Waals surface area contributed by atoms with Crippen molar-refractivity contribution in [3.63, 3.8) is 0 Å². The summed E-state index contributed by atoms with van der Waals surface area (Å²) in [5, 5.41) is 9.81. The molecule has 18 heavy (non-hydrogen) atoms. The maximum Gasteiger partial charge on any atom is 0.258 e. The van der Waals surface area contributed by atoms with E-state index in [2.05, 4.69) is 30.9 Å². The van der Waals surface area contributed by atoms with Gasteiger partial charge < -0.3 is 10.1 Å². The molecule has 0 amide bonds. The molecule has 5 nitrogen and oxygen atoms in total. The Labute approximate surface area is 112 Å². The fourth-order valence-electron chi connectivity index (χ4n) is 1.67. The molecular weight excluding hydrogens is 298 g/mol. The number of halogens is 1. The largest absolute Gasteiger partial charge is 0.493 e. The van der Waals surface area contributed by atoms with Crippen LogP contribution in [0.5, 0.6) is 5.88 Å². The number of pyridine rings is 1. The standard InChI is InChI=1S/C12H12BrN3O2/c1-6(2)9-11(17)15-10(16-12(9)18)7-3-8(13)5-14-4-7/h3-6H,1-2H3,(H2,15,16,17,18). The third kappa shape index (κ3) is 2.43. The van der Waals surface area contributed by atoms with Crippen LogP contribution in [0.4, 0.5) is 0 Å². The summed E-state index contributed by atoms with van der Waals surface area (Å²) in [6, 6.07) is 1.76. The summed E-state index contributed by atoms with van der Waals surface area (Å²) in [4.78, 5) is 22.5. The molecule has 2 rings (SSSR count). The number of hydrogen-bond donors (Lipinski definition) is 2. The third-order valence-electron chi connectivity index (χ3n) is 2.49. The monoisotopic (exact) mass is 309 g/mol. The molecule has 0 aliphatic carbocycles. The number of rotatable bonds is 2. The molecule has 0 aliphatic heterocycles. The zero-order valence-corrected chi connectivity index (χ0v) is 11.5. The van der Waals surface area contributed by atoms with Crippen LogP contribution in [-0.4, -0.2) is 20.1 Å².